The molecular weight excluding hydrogens is 440 g/mol. The van der Waals surface area contributed by atoms with E-state index in [-0.39, 0.29) is 11.5 Å². The number of aryl methyl sites for hydroxylation is 3. The van der Waals surface area contributed by atoms with Crippen LogP contribution < -0.4 is 15.3 Å². The highest BCUT2D eigenvalue weighted by Crippen LogP contribution is 2.37. The van der Waals surface area contributed by atoms with E-state index in [0.29, 0.717) is 28.0 Å². The maximum absolute atomic E-state index is 14.1. The Bertz CT molecular complexity index is 1640. The van der Waals surface area contributed by atoms with Crippen molar-refractivity contribution in [3.8, 4) is 5.75 Å². The minimum atomic E-state index is -0.359. The lowest BCUT2D eigenvalue weighted by Gasteiger charge is -2.24. The molecule has 35 heavy (non-hydrogen) atoms. The number of methoxy groups -OCH3 is 1. The molecule has 4 aromatic rings. The van der Waals surface area contributed by atoms with Crippen molar-refractivity contribution in [2.45, 2.75) is 26.7 Å². The number of benzene rings is 2. The summed E-state index contributed by atoms with van der Waals surface area (Å²) in [5.74, 6) is 0.565. The zero-order chi connectivity index (χ0) is 24.3. The van der Waals surface area contributed by atoms with E-state index < -0.39 is 0 Å². The van der Waals surface area contributed by atoms with Crippen molar-refractivity contribution in [1.29, 1.82) is 0 Å². The van der Waals surface area contributed by atoms with E-state index in [0.717, 1.165) is 41.1 Å². The average molecular weight is 465 g/mol. The Labute approximate surface area is 202 Å². The van der Waals surface area contributed by atoms with Crippen molar-refractivity contribution >= 4 is 28.1 Å². The van der Waals surface area contributed by atoms with Crippen LogP contribution in [0.5, 0.6) is 5.75 Å². The predicted molar refractivity (Wildman–Crippen MR) is 136 cm³/mol. The fourth-order valence-electron chi connectivity index (χ4n) is 5.20. The highest BCUT2D eigenvalue weighted by atomic mass is 16.5. The van der Waals surface area contributed by atoms with E-state index in [4.69, 9.17) is 4.74 Å². The van der Waals surface area contributed by atoms with Gasteiger partial charge in [0.25, 0.3) is 11.5 Å². The summed E-state index contributed by atoms with van der Waals surface area (Å²) in [5.41, 5.74) is 5.58. The molecule has 0 atom stereocenters. The van der Waals surface area contributed by atoms with Crippen molar-refractivity contribution in [2.24, 2.45) is 0 Å². The number of ether oxygens (including phenoxy) is 1. The maximum Gasteiger partial charge on any atom is 0.284 e. The van der Waals surface area contributed by atoms with Crippen LogP contribution in [0.4, 0.5) is 0 Å². The van der Waals surface area contributed by atoms with E-state index in [2.05, 4.69) is 15.6 Å². The molecule has 174 valence electrons. The molecule has 0 fully saturated rings. The molecular formula is C28H24N4O3. The summed E-state index contributed by atoms with van der Waals surface area (Å²) in [7, 11) is 1.52. The molecule has 0 unspecified atom stereocenters. The number of hydrogen-bond acceptors (Lipinski definition) is 4. The zero-order valence-electron chi connectivity index (χ0n) is 19.8. The topological polar surface area (TPSA) is 69.4 Å². The number of allylic oxidation sites excluding steroid dienone is 1. The Morgan fingerprint density at radius 1 is 1.00 bits per heavy atom. The smallest absolute Gasteiger partial charge is 0.284 e. The van der Waals surface area contributed by atoms with E-state index >= 15 is 0 Å². The quantitative estimate of drug-likeness (QED) is 0.456. The first-order chi connectivity index (χ1) is 17.0. The van der Waals surface area contributed by atoms with Gasteiger partial charge in [-0.2, -0.15) is 4.68 Å². The van der Waals surface area contributed by atoms with Crippen LogP contribution in [0.15, 0.2) is 71.7 Å². The van der Waals surface area contributed by atoms with Gasteiger partial charge in [-0.1, -0.05) is 42.5 Å². The maximum atomic E-state index is 14.1. The number of fused-ring (bicyclic) bond motifs is 1. The number of nitrogens with zero attached hydrogens (tertiary/aromatic N) is 4. The number of hydrogen-bond donors (Lipinski definition) is 0. The van der Waals surface area contributed by atoms with Gasteiger partial charge in [-0.05, 0) is 50.5 Å². The van der Waals surface area contributed by atoms with Gasteiger partial charge in [0.2, 0.25) is 0 Å². The minimum absolute atomic E-state index is 0.266. The van der Waals surface area contributed by atoms with Gasteiger partial charge >= 0.3 is 0 Å². The van der Waals surface area contributed by atoms with Crippen LogP contribution in [-0.2, 0) is 11.2 Å². The number of rotatable bonds is 3. The van der Waals surface area contributed by atoms with E-state index in [9.17, 15) is 9.59 Å². The van der Waals surface area contributed by atoms with Crippen LogP contribution in [0, 0.1) is 13.8 Å². The molecule has 1 amide bonds. The van der Waals surface area contributed by atoms with E-state index in [1.54, 1.807) is 31.3 Å². The van der Waals surface area contributed by atoms with Gasteiger partial charge in [-0.15, -0.1) is 0 Å². The van der Waals surface area contributed by atoms with Crippen molar-refractivity contribution in [2.75, 3.05) is 12.1 Å². The first kappa shape index (κ1) is 21.2. The largest absolute Gasteiger partial charge is 0.496 e. The standard InChI is InChI=1S/C28H24N4O3/c1-17-15-20-11-7-12-21-26(20)31(17)23(19-9-5-4-6-10-19)16-30(27(21)33)32-18(2)29-22-13-8-14-24(35-3)25(22)28(32)34/h4-6,8-10,12-16H,7,11H2,1-3H3. The fourth-order valence-corrected chi connectivity index (χ4v) is 5.20. The Balaban J connectivity index is 1.69. The van der Waals surface area contributed by atoms with Gasteiger partial charge in [0, 0.05) is 11.3 Å². The molecule has 0 saturated heterocycles. The molecule has 3 heterocycles. The molecule has 6 rings (SSSR count). The average Bonchev–Trinajstić information content (AvgIpc) is 3.14. The van der Waals surface area contributed by atoms with Crippen molar-refractivity contribution in [3.63, 3.8) is 0 Å². The van der Waals surface area contributed by atoms with Gasteiger partial charge in [-0.3, -0.25) is 9.59 Å². The van der Waals surface area contributed by atoms with Crippen molar-refractivity contribution in [1.82, 2.24) is 14.2 Å². The third kappa shape index (κ3) is 3.08. The first-order valence-corrected chi connectivity index (χ1v) is 11.6. The molecule has 7 nitrogen and oxygen atoms in total. The summed E-state index contributed by atoms with van der Waals surface area (Å²) in [5, 5.41) is 1.74. The molecule has 1 aliphatic heterocycles. The summed E-state index contributed by atoms with van der Waals surface area (Å²) in [4.78, 5) is 32.6. The van der Waals surface area contributed by atoms with Crippen LogP contribution >= 0.6 is 0 Å². The predicted octanol–water partition coefficient (Wildman–Crippen LogP) is 4.18. The van der Waals surface area contributed by atoms with E-state index in [1.807, 2.05) is 43.3 Å². The minimum Gasteiger partial charge on any atom is -0.496 e. The third-order valence-corrected chi connectivity index (χ3v) is 6.71. The molecule has 2 aromatic heterocycles. The second-order valence-electron chi connectivity index (χ2n) is 8.81. The highest BCUT2D eigenvalue weighted by molar-refractivity contribution is 6.26. The summed E-state index contributed by atoms with van der Waals surface area (Å²) in [6, 6.07) is 17.4. The Kier molecular flexibility index (Phi) is 4.74. The monoisotopic (exact) mass is 464 g/mol. The normalized spacial score (nSPS) is 14.9. The molecule has 0 saturated carbocycles. The molecule has 2 aliphatic rings. The van der Waals surface area contributed by atoms with Gasteiger partial charge in [0.05, 0.1) is 35.8 Å². The second-order valence-corrected chi connectivity index (χ2v) is 8.81. The van der Waals surface area contributed by atoms with Gasteiger partial charge in [0.1, 0.15) is 17.0 Å². The van der Waals surface area contributed by atoms with Crippen molar-refractivity contribution < 1.29 is 9.53 Å². The second kappa shape index (κ2) is 7.84. The lowest BCUT2D eigenvalue weighted by Crippen LogP contribution is -2.44. The molecule has 7 heteroatoms. The van der Waals surface area contributed by atoms with Gasteiger partial charge < -0.3 is 9.30 Å². The Hall–Kier alpha value is -4.39. The zero-order valence-corrected chi connectivity index (χ0v) is 19.8. The summed E-state index contributed by atoms with van der Waals surface area (Å²) < 4.78 is 8.95. The van der Waals surface area contributed by atoms with Crippen molar-refractivity contribution in [3.05, 3.63) is 106 Å². The molecule has 0 N–H and O–H groups in total. The number of carbonyl (C=O) groups excluding carboxylic acids is 1. The first-order valence-electron chi connectivity index (χ1n) is 11.6. The highest BCUT2D eigenvalue weighted by Gasteiger charge is 2.34. The Morgan fingerprint density at radius 3 is 2.57 bits per heavy atom. The number of amides is 1. The number of aromatic nitrogens is 3. The SMILES string of the molecule is COc1cccc2nc(C)n(N3C=C(c4ccccc4)n4c(C)cc5c4C(=CCC5)C3=O)c(=O)c12. The van der Waals surface area contributed by atoms with Gasteiger partial charge in [-0.25, -0.2) is 9.99 Å². The molecule has 0 spiro atoms. The molecule has 1 aliphatic carbocycles. The number of carbonyl (C=O) groups is 1. The fraction of sp³-hybridized carbons (Fsp3) is 0.179. The summed E-state index contributed by atoms with van der Waals surface area (Å²) >= 11 is 0. The van der Waals surface area contributed by atoms with Crippen LogP contribution in [0.2, 0.25) is 0 Å². The van der Waals surface area contributed by atoms with Crippen LogP contribution in [-0.4, -0.2) is 27.2 Å². The molecule has 2 aromatic carbocycles. The van der Waals surface area contributed by atoms with E-state index in [1.165, 1.54) is 16.8 Å². The van der Waals surface area contributed by atoms with Gasteiger partial charge in [0.15, 0.2) is 0 Å². The van der Waals surface area contributed by atoms with Crippen LogP contribution in [0.1, 0.15) is 34.8 Å². The lowest BCUT2D eigenvalue weighted by molar-refractivity contribution is -0.114. The Morgan fingerprint density at radius 2 is 1.80 bits per heavy atom. The third-order valence-electron chi connectivity index (χ3n) is 6.71. The van der Waals surface area contributed by atoms with Crippen LogP contribution in [0.25, 0.3) is 22.2 Å². The molecule has 0 bridgehead atoms. The van der Waals surface area contributed by atoms with Crippen LogP contribution in [0.3, 0.4) is 0 Å². The summed E-state index contributed by atoms with van der Waals surface area (Å²) in [6.07, 6.45) is 5.37. The molecule has 0 radical (unpaired) electrons. The summed E-state index contributed by atoms with van der Waals surface area (Å²) in [6.45, 7) is 3.79. The lowest BCUT2D eigenvalue weighted by atomic mass is 9.96.